The number of likely N-dealkylation sites (tertiary alicyclic amines) is 1. The maximum absolute atomic E-state index is 13.6. The molecular formula is C27H31ClFN3O4S. The third-order valence-electron chi connectivity index (χ3n) is 8.17. The Bertz CT molecular complexity index is 1320. The van der Waals surface area contributed by atoms with Gasteiger partial charge in [-0.15, -0.1) is 0 Å². The van der Waals surface area contributed by atoms with Crippen LogP contribution in [0.3, 0.4) is 0 Å². The third-order valence-corrected chi connectivity index (χ3v) is 9.59. The molecule has 2 aliphatic carbocycles. The number of sulfone groups is 1. The zero-order valence-corrected chi connectivity index (χ0v) is 22.3. The van der Waals surface area contributed by atoms with Gasteiger partial charge in [-0.1, -0.05) is 23.7 Å². The van der Waals surface area contributed by atoms with Gasteiger partial charge in [0.25, 0.3) is 0 Å². The van der Waals surface area contributed by atoms with Gasteiger partial charge >= 0.3 is 6.03 Å². The highest BCUT2D eigenvalue weighted by Crippen LogP contribution is 2.65. The van der Waals surface area contributed by atoms with Gasteiger partial charge in [0.1, 0.15) is 5.82 Å². The van der Waals surface area contributed by atoms with E-state index < -0.39 is 15.7 Å². The molecule has 0 radical (unpaired) electrons. The highest BCUT2D eigenvalue weighted by atomic mass is 35.5. The van der Waals surface area contributed by atoms with Crippen molar-refractivity contribution in [1.82, 2.24) is 9.80 Å². The van der Waals surface area contributed by atoms with Crippen molar-refractivity contribution >= 4 is 39.1 Å². The summed E-state index contributed by atoms with van der Waals surface area (Å²) in [5.74, 6) is -0.114. The fourth-order valence-corrected chi connectivity index (χ4v) is 6.99. The van der Waals surface area contributed by atoms with E-state index >= 15 is 0 Å². The van der Waals surface area contributed by atoms with Crippen molar-refractivity contribution in [2.24, 2.45) is 5.92 Å². The predicted molar refractivity (Wildman–Crippen MR) is 140 cm³/mol. The molecule has 1 saturated heterocycles. The summed E-state index contributed by atoms with van der Waals surface area (Å²) in [4.78, 5) is 29.5. The largest absolute Gasteiger partial charge is 0.343 e. The van der Waals surface area contributed by atoms with Gasteiger partial charge in [-0.05, 0) is 73.9 Å². The molecule has 198 valence electrons. The molecule has 0 unspecified atom stereocenters. The van der Waals surface area contributed by atoms with Crippen LogP contribution in [0.25, 0.3) is 0 Å². The van der Waals surface area contributed by atoms with Crippen molar-refractivity contribution in [3.63, 3.8) is 0 Å². The Balaban J connectivity index is 1.32. The molecule has 1 N–H and O–H groups in total. The summed E-state index contributed by atoms with van der Waals surface area (Å²) < 4.78 is 37.4. The summed E-state index contributed by atoms with van der Waals surface area (Å²) >= 11 is 5.91. The number of benzene rings is 2. The number of nitrogens with one attached hydrogen (secondary N) is 1. The Labute approximate surface area is 221 Å². The number of hydrogen-bond acceptors (Lipinski definition) is 4. The summed E-state index contributed by atoms with van der Waals surface area (Å²) in [6.07, 6.45) is 6.01. The lowest BCUT2D eigenvalue weighted by molar-refractivity contribution is -0.127. The average molecular weight is 548 g/mol. The molecule has 3 amide bonds. The van der Waals surface area contributed by atoms with Crippen molar-refractivity contribution in [3.05, 3.63) is 58.9 Å². The molecule has 5 rings (SSSR count). The van der Waals surface area contributed by atoms with Crippen molar-refractivity contribution in [1.29, 1.82) is 0 Å². The zero-order valence-electron chi connectivity index (χ0n) is 20.8. The van der Waals surface area contributed by atoms with E-state index in [-0.39, 0.29) is 34.3 Å². The van der Waals surface area contributed by atoms with E-state index in [9.17, 15) is 22.4 Å². The number of fused-ring (bicyclic) bond motifs is 1. The summed E-state index contributed by atoms with van der Waals surface area (Å²) in [5.41, 5.74) is 1.48. The summed E-state index contributed by atoms with van der Waals surface area (Å²) in [6.45, 7) is 1.87. The lowest BCUT2D eigenvalue weighted by Gasteiger charge is -2.31. The Morgan fingerprint density at radius 2 is 2.00 bits per heavy atom. The molecule has 2 saturated carbocycles. The quantitative estimate of drug-likeness (QED) is 0.512. The molecule has 7 nitrogen and oxygen atoms in total. The van der Waals surface area contributed by atoms with Crippen LogP contribution in [0.2, 0.25) is 5.02 Å². The average Bonchev–Trinajstić information content (AvgIpc) is 3.27. The Morgan fingerprint density at radius 3 is 2.62 bits per heavy atom. The molecule has 2 aromatic carbocycles. The number of hydrogen-bond donors (Lipinski definition) is 1. The van der Waals surface area contributed by atoms with Crippen LogP contribution in [0, 0.1) is 11.7 Å². The van der Waals surface area contributed by atoms with Crippen molar-refractivity contribution in [2.45, 2.75) is 54.9 Å². The van der Waals surface area contributed by atoms with E-state index in [1.165, 1.54) is 24.5 Å². The Morgan fingerprint density at radius 1 is 1.24 bits per heavy atom. The van der Waals surface area contributed by atoms with Crippen LogP contribution < -0.4 is 5.32 Å². The van der Waals surface area contributed by atoms with Crippen LogP contribution in [-0.2, 0) is 20.0 Å². The van der Waals surface area contributed by atoms with Crippen LogP contribution in [0.1, 0.15) is 44.1 Å². The minimum absolute atomic E-state index is 0.0137. The first kappa shape index (κ1) is 26.0. The monoisotopic (exact) mass is 547 g/mol. The van der Waals surface area contributed by atoms with Crippen LogP contribution in [0.15, 0.2) is 47.4 Å². The molecule has 0 spiro atoms. The second-order valence-corrected chi connectivity index (χ2v) is 12.9. The molecular weight excluding hydrogens is 517 g/mol. The van der Waals surface area contributed by atoms with Crippen molar-refractivity contribution in [2.75, 3.05) is 31.2 Å². The van der Waals surface area contributed by atoms with E-state index in [0.29, 0.717) is 36.5 Å². The lowest BCUT2D eigenvalue weighted by Crippen LogP contribution is -2.44. The van der Waals surface area contributed by atoms with Crippen LogP contribution in [0.4, 0.5) is 14.9 Å². The molecule has 1 aliphatic heterocycles. The van der Waals surface area contributed by atoms with Gasteiger partial charge < -0.3 is 15.1 Å². The number of rotatable bonds is 8. The zero-order chi connectivity index (χ0) is 26.4. The Hall–Kier alpha value is -2.65. The standard InChI is InChI=1S/C27H31ClFN3O4S/c1-37(35,36)20-8-5-18(6-9-20)27-12-11-24(21(27)17-27)32(15-3-14-31-13-2-4-25(31)33)26(34)30-19-7-10-23(29)22(28)16-19/h5-10,16,21,24H,2-4,11-15,17H2,1H3,(H,30,34)/t21-,24-,27-/m1/s1. The number of halogens is 2. The molecule has 0 bridgehead atoms. The first-order valence-corrected chi connectivity index (χ1v) is 15.0. The number of carbonyl (C=O) groups excluding carboxylic acids is 2. The first-order valence-electron chi connectivity index (χ1n) is 12.7. The third kappa shape index (κ3) is 5.21. The number of urea groups is 1. The molecule has 37 heavy (non-hydrogen) atoms. The summed E-state index contributed by atoms with van der Waals surface area (Å²) in [5, 5.41) is 2.82. The van der Waals surface area contributed by atoms with Gasteiger partial charge in [-0.2, -0.15) is 0 Å². The van der Waals surface area contributed by atoms with Crippen LogP contribution in [-0.4, -0.2) is 62.1 Å². The van der Waals surface area contributed by atoms with E-state index in [2.05, 4.69) is 5.32 Å². The van der Waals surface area contributed by atoms with Gasteiger partial charge in [0, 0.05) is 49.5 Å². The van der Waals surface area contributed by atoms with Gasteiger partial charge in [0.2, 0.25) is 5.91 Å². The molecule has 3 aliphatic rings. The van der Waals surface area contributed by atoms with E-state index in [4.69, 9.17) is 11.6 Å². The van der Waals surface area contributed by atoms with E-state index in [1.807, 2.05) is 21.9 Å². The Kier molecular flexibility index (Phi) is 6.96. The van der Waals surface area contributed by atoms with Crippen molar-refractivity contribution < 1.29 is 22.4 Å². The SMILES string of the molecule is CS(=O)(=O)c1ccc([C@]23CC[C@@H](N(CCCN4CCCC4=O)C(=O)Nc4ccc(F)c(Cl)c4)[C@H]2C3)cc1. The van der Waals surface area contributed by atoms with E-state index in [0.717, 1.165) is 37.8 Å². The predicted octanol–water partition coefficient (Wildman–Crippen LogP) is 4.85. The number of anilines is 1. The number of carbonyl (C=O) groups is 2. The molecule has 3 fully saturated rings. The van der Waals surface area contributed by atoms with Gasteiger partial charge in [-0.25, -0.2) is 17.6 Å². The van der Waals surface area contributed by atoms with Gasteiger partial charge in [0.05, 0.1) is 9.92 Å². The first-order chi connectivity index (χ1) is 17.6. The maximum Gasteiger partial charge on any atom is 0.322 e. The smallest absolute Gasteiger partial charge is 0.322 e. The van der Waals surface area contributed by atoms with Crippen molar-refractivity contribution in [3.8, 4) is 0 Å². The number of nitrogens with zero attached hydrogens (tertiary/aromatic N) is 2. The highest BCUT2D eigenvalue weighted by molar-refractivity contribution is 7.90. The number of amides is 3. The molecule has 2 aromatic rings. The molecule has 1 heterocycles. The maximum atomic E-state index is 13.6. The normalized spacial score (nSPS) is 24.7. The van der Waals surface area contributed by atoms with Gasteiger partial charge in [-0.3, -0.25) is 4.79 Å². The molecule has 10 heteroatoms. The van der Waals surface area contributed by atoms with E-state index in [1.54, 1.807) is 12.1 Å². The molecule has 3 atom stereocenters. The summed E-state index contributed by atoms with van der Waals surface area (Å²) in [7, 11) is -3.26. The second kappa shape index (κ2) is 9.91. The van der Waals surface area contributed by atoms with Crippen LogP contribution >= 0.6 is 11.6 Å². The second-order valence-electron chi connectivity index (χ2n) is 10.5. The topological polar surface area (TPSA) is 86.8 Å². The fourth-order valence-electron chi connectivity index (χ4n) is 6.17. The minimum atomic E-state index is -3.26. The van der Waals surface area contributed by atoms with Crippen LogP contribution in [0.5, 0.6) is 0 Å². The summed E-state index contributed by atoms with van der Waals surface area (Å²) in [6, 6.07) is 11.0. The highest BCUT2D eigenvalue weighted by Gasteiger charge is 2.64. The van der Waals surface area contributed by atoms with Gasteiger partial charge in [0.15, 0.2) is 9.84 Å². The molecule has 0 aromatic heterocycles. The minimum Gasteiger partial charge on any atom is -0.343 e. The fraction of sp³-hybridized carbons (Fsp3) is 0.481. The lowest BCUT2D eigenvalue weighted by atomic mass is 9.93.